The highest BCUT2D eigenvalue weighted by molar-refractivity contribution is 5.98. The number of aromatic hydroxyl groups is 1. The highest BCUT2D eigenvalue weighted by atomic mass is 16.5. The summed E-state index contributed by atoms with van der Waals surface area (Å²) in [6.45, 7) is 4.97. The number of hydrogen-bond acceptors (Lipinski definition) is 8. The van der Waals surface area contributed by atoms with Crippen molar-refractivity contribution < 1.29 is 14.6 Å². The number of pyridine rings is 2. The van der Waals surface area contributed by atoms with Crippen LogP contribution in [0.1, 0.15) is 0 Å². The molecule has 1 aromatic carbocycles. The Morgan fingerprint density at radius 2 is 1.86 bits per heavy atom. The van der Waals surface area contributed by atoms with Crippen molar-refractivity contribution in [2.45, 2.75) is 0 Å². The van der Waals surface area contributed by atoms with Crippen molar-refractivity contribution in [1.29, 1.82) is 0 Å². The molecule has 0 saturated carbocycles. The van der Waals surface area contributed by atoms with E-state index in [4.69, 9.17) is 9.47 Å². The van der Waals surface area contributed by atoms with Crippen LogP contribution in [-0.4, -0.2) is 74.0 Å². The molecule has 9 nitrogen and oxygen atoms in total. The third-order valence-electron chi connectivity index (χ3n) is 6.18. The molecule has 0 aliphatic carbocycles. The van der Waals surface area contributed by atoms with E-state index in [1.807, 2.05) is 42.6 Å². The number of nitrogens with zero attached hydrogens (tertiary/aromatic N) is 6. The maximum absolute atomic E-state index is 9.72. The highest BCUT2D eigenvalue weighted by Crippen LogP contribution is 2.31. The van der Waals surface area contributed by atoms with Gasteiger partial charge in [-0.2, -0.15) is 5.10 Å². The van der Waals surface area contributed by atoms with E-state index in [1.54, 1.807) is 29.2 Å². The van der Waals surface area contributed by atoms with Crippen LogP contribution >= 0.6 is 0 Å². The number of rotatable bonds is 6. The summed E-state index contributed by atoms with van der Waals surface area (Å²) < 4.78 is 13.0. The van der Waals surface area contributed by atoms with Crippen LogP contribution in [0.3, 0.4) is 0 Å². The van der Waals surface area contributed by atoms with E-state index >= 15 is 0 Å². The molecule has 5 heterocycles. The zero-order valence-corrected chi connectivity index (χ0v) is 19.0. The zero-order chi connectivity index (χ0) is 23.6. The first-order valence-corrected chi connectivity index (χ1v) is 11.6. The van der Waals surface area contributed by atoms with Gasteiger partial charge in [-0.25, -0.2) is 14.5 Å². The maximum atomic E-state index is 9.72. The van der Waals surface area contributed by atoms with Gasteiger partial charge in [0.05, 0.1) is 36.8 Å². The van der Waals surface area contributed by atoms with Gasteiger partial charge >= 0.3 is 0 Å². The van der Waals surface area contributed by atoms with Gasteiger partial charge in [-0.1, -0.05) is 12.1 Å². The molecule has 1 aliphatic rings. The van der Waals surface area contributed by atoms with Crippen molar-refractivity contribution in [1.82, 2.24) is 29.5 Å². The zero-order valence-electron chi connectivity index (χ0n) is 19.0. The predicted octanol–water partition coefficient (Wildman–Crippen LogP) is 3.42. The first-order valence-electron chi connectivity index (χ1n) is 11.6. The molecule has 1 fully saturated rings. The quantitative estimate of drug-likeness (QED) is 0.405. The van der Waals surface area contributed by atoms with Crippen LogP contribution in [0.15, 0.2) is 67.3 Å². The second-order valence-electron chi connectivity index (χ2n) is 8.39. The Labute approximate surface area is 201 Å². The fraction of sp³-hybridized carbons (Fsp3) is 0.231. The smallest absolute Gasteiger partial charge is 0.211 e. The lowest BCUT2D eigenvalue weighted by atomic mass is 10.0. The lowest BCUT2D eigenvalue weighted by Gasteiger charge is -2.26. The molecule has 176 valence electrons. The van der Waals surface area contributed by atoms with Gasteiger partial charge in [-0.3, -0.25) is 9.88 Å². The molecule has 5 aromatic rings. The molecule has 0 bridgehead atoms. The van der Waals surface area contributed by atoms with Crippen LogP contribution < -0.4 is 4.74 Å². The van der Waals surface area contributed by atoms with Gasteiger partial charge in [0.25, 0.3) is 0 Å². The molecule has 6 rings (SSSR count). The second kappa shape index (κ2) is 9.28. The summed E-state index contributed by atoms with van der Waals surface area (Å²) in [5, 5.41) is 15.2. The number of ether oxygens (including phenoxy) is 2. The summed E-state index contributed by atoms with van der Waals surface area (Å²) in [6, 6.07) is 13.1. The van der Waals surface area contributed by atoms with Crippen molar-refractivity contribution in [3.8, 4) is 34.0 Å². The topological polar surface area (TPSA) is 97.9 Å². The molecule has 0 radical (unpaired) electrons. The van der Waals surface area contributed by atoms with E-state index in [0.29, 0.717) is 6.61 Å². The van der Waals surface area contributed by atoms with E-state index in [9.17, 15) is 5.11 Å². The summed E-state index contributed by atoms with van der Waals surface area (Å²) in [4.78, 5) is 15.8. The molecule has 0 atom stereocenters. The predicted molar refractivity (Wildman–Crippen MR) is 131 cm³/mol. The first kappa shape index (κ1) is 21.5. The van der Waals surface area contributed by atoms with Crippen LogP contribution in [0.2, 0.25) is 0 Å². The SMILES string of the molecule is Oc1ccc2c(-c3cnn4cc(-c5ccc(OCCN6CCOCC6)cn5)cnc34)cccc2n1. The molecule has 4 aromatic heterocycles. The number of benzene rings is 1. The largest absolute Gasteiger partial charge is 0.493 e. The lowest BCUT2D eigenvalue weighted by molar-refractivity contribution is 0.0322. The average molecular weight is 469 g/mol. The monoisotopic (exact) mass is 468 g/mol. The second-order valence-corrected chi connectivity index (χ2v) is 8.39. The molecule has 0 amide bonds. The summed E-state index contributed by atoms with van der Waals surface area (Å²) in [5.74, 6) is 0.742. The number of aromatic nitrogens is 5. The number of morpholine rings is 1. The van der Waals surface area contributed by atoms with E-state index < -0.39 is 0 Å². The van der Waals surface area contributed by atoms with Gasteiger partial charge in [0.15, 0.2) is 5.65 Å². The van der Waals surface area contributed by atoms with Gasteiger partial charge in [-0.05, 0) is 29.8 Å². The minimum Gasteiger partial charge on any atom is -0.493 e. The van der Waals surface area contributed by atoms with Crippen LogP contribution in [0.5, 0.6) is 11.6 Å². The van der Waals surface area contributed by atoms with Crippen LogP contribution in [0.4, 0.5) is 0 Å². The minimum absolute atomic E-state index is 0.00157. The first-order chi connectivity index (χ1) is 17.2. The van der Waals surface area contributed by atoms with Crippen LogP contribution in [-0.2, 0) is 4.74 Å². The normalized spacial score (nSPS) is 14.5. The third-order valence-corrected chi connectivity index (χ3v) is 6.18. The minimum atomic E-state index is -0.00157. The molecule has 9 heteroatoms. The molecule has 1 N–H and O–H groups in total. The van der Waals surface area contributed by atoms with Crippen molar-refractivity contribution in [2.75, 3.05) is 39.5 Å². The van der Waals surface area contributed by atoms with Crippen molar-refractivity contribution in [3.63, 3.8) is 0 Å². The standard InChI is InChI=1S/C26H24N6O3/c33-25-7-5-21-20(2-1-3-24(21)30-25)22-16-29-32-17-18(14-28-26(22)32)23-6-4-19(15-27-23)35-13-10-31-8-11-34-12-9-31/h1-7,14-17H,8-13H2,(H,30,33). The van der Waals surface area contributed by atoms with E-state index in [2.05, 4.69) is 25.0 Å². The van der Waals surface area contributed by atoms with Crippen LogP contribution in [0, 0.1) is 0 Å². The van der Waals surface area contributed by atoms with E-state index in [1.165, 1.54) is 0 Å². The molecular formula is C26H24N6O3. The fourth-order valence-corrected chi connectivity index (χ4v) is 4.33. The molecule has 35 heavy (non-hydrogen) atoms. The Morgan fingerprint density at radius 3 is 2.71 bits per heavy atom. The summed E-state index contributed by atoms with van der Waals surface area (Å²) in [5.41, 5.74) is 4.96. The average Bonchev–Trinajstić information content (AvgIpc) is 3.32. The number of fused-ring (bicyclic) bond motifs is 2. The Hall–Kier alpha value is -4.08. The Balaban J connectivity index is 1.21. The van der Waals surface area contributed by atoms with Gasteiger partial charge in [0.2, 0.25) is 5.88 Å². The Bertz CT molecular complexity index is 1480. The summed E-state index contributed by atoms with van der Waals surface area (Å²) >= 11 is 0. The van der Waals surface area contributed by atoms with Crippen LogP contribution in [0.25, 0.3) is 38.9 Å². The third kappa shape index (κ3) is 4.39. The molecular weight excluding hydrogens is 444 g/mol. The Morgan fingerprint density at radius 1 is 0.943 bits per heavy atom. The van der Waals surface area contributed by atoms with Crippen molar-refractivity contribution in [3.05, 3.63) is 67.3 Å². The summed E-state index contributed by atoms with van der Waals surface area (Å²) in [6.07, 6.45) is 7.26. The highest BCUT2D eigenvalue weighted by Gasteiger charge is 2.14. The molecule has 0 unspecified atom stereocenters. The van der Waals surface area contributed by atoms with E-state index in [-0.39, 0.29) is 5.88 Å². The molecule has 1 aliphatic heterocycles. The van der Waals surface area contributed by atoms with Gasteiger partial charge < -0.3 is 14.6 Å². The van der Waals surface area contributed by atoms with Gasteiger partial charge in [0, 0.05) is 54.6 Å². The number of hydrogen-bond donors (Lipinski definition) is 1. The van der Waals surface area contributed by atoms with Crippen molar-refractivity contribution >= 4 is 16.6 Å². The summed E-state index contributed by atoms with van der Waals surface area (Å²) in [7, 11) is 0. The maximum Gasteiger partial charge on any atom is 0.211 e. The van der Waals surface area contributed by atoms with Crippen molar-refractivity contribution in [2.24, 2.45) is 0 Å². The van der Waals surface area contributed by atoms with Gasteiger partial charge in [0.1, 0.15) is 12.4 Å². The molecule has 0 spiro atoms. The Kier molecular flexibility index (Phi) is 5.69. The lowest BCUT2D eigenvalue weighted by Crippen LogP contribution is -2.38. The van der Waals surface area contributed by atoms with E-state index in [0.717, 1.165) is 77.5 Å². The fourth-order valence-electron chi connectivity index (χ4n) is 4.33. The molecule has 1 saturated heterocycles. The van der Waals surface area contributed by atoms with Gasteiger partial charge in [-0.15, -0.1) is 0 Å².